The number of thioether (sulfide) groups is 1. The van der Waals surface area contributed by atoms with E-state index in [9.17, 15) is 5.11 Å². The van der Waals surface area contributed by atoms with Crippen LogP contribution >= 0.6 is 11.8 Å². The lowest BCUT2D eigenvalue weighted by molar-refractivity contribution is 0.232. The van der Waals surface area contributed by atoms with E-state index in [1.807, 2.05) is 6.07 Å². The van der Waals surface area contributed by atoms with Crippen molar-refractivity contribution in [2.24, 2.45) is 0 Å². The Morgan fingerprint density at radius 3 is 2.88 bits per heavy atom. The Morgan fingerprint density at radius 1 is 1.50 bits per heavy atom. The minimum atomic E-state index is 0.175. The number of nitrogens with one attached hydrogen (secondary N) is 1. The molecule has 0 aliphatic carbocycles. The molecule has 0 aromatic carbocycles. The van der Waals surface area contributed by atoms with E-state index in [1.54, 1.807) is 24.3 Å². The molecule has 1 unspecified atom stereocenters. The monoisotopic (exact) mass is 241 g/mol. The Balaban J connectivity index is 2.23. The fourth-order valence-corrected chi connectivity index (χ4v) is 2.26. The molecule has 90 valence electrons. The summed E-state index contributed by atoms with van der Waals surface area (Å²) in [5.74, 6) is 0.946. The second kappa shape index (κ2) is 7.60. The summed E-state index contributed by atoms with van der Waals surface area (Å²) in [6.07, 6.45) is 4.23. The lowest BCUT2D eigenvalue weighted by Gasteiger charge is -2.18. The topological polar surface area (TPSA) is 58.0 Å². The molecule has 0 spiro atoms. The van der Waals surface area contributed by atoms with Crippen LogP contribution in [0.2, 0.25) is 0 Å². The zero-order valence-electron chi connectivity index (χ0n) is 9.76. The molecule has 2 N–H and O–H groups in total. The Morgan fingerprint density at radius 2 is 2.31 bits per heavy atom. The van der Waals surface area contributed by atoms with E-state index in [1.165, 1.54) is 0 Å². The summed E-state index contributed by atoms with van der Waals surface area (Å²) in [7, 11) is 0. The molecule has 1 rings (SSSR count). The van der Waals surface area contributed by atoms with Crippen LogP contribution in [0.5, 0.6) is 0 Å². The van der Waals surface area contributed by atoms with E-state index >= 15 is 0 Å². The van der Waals surface area contributed by atoms with E-state index in [0.717, 1.165) is 17.2 Å². The second-order valence-electron chi connectivity index (χ2n) is 3.89. The van der Waals surface area contributed by atoms with Gasteiger partial charge in [0, 0.05) is 24.0 Å². The van der Waals surface area contributed by atoms with Crippen molar-refractivity contribution in [3.05, 3.63) is 18.6 Å². The van der Waals surface area contributed by atoms with E-state index in [-0.39, 0.29) is 12.6 Å². The molecule has 4 nitrogen and oxygen atoms in total. The van der Waals surface area contributed by atoms with Gasteiger partial charge in [0.25, 0.3) is 0 Å². The number of hydrogen-bond acceptors (Lipinski definition) is 5. The minimum absolute atomic E-state index is 0.175. The summed E-state index contributed by atoms with van der Waals surface area (Å²) in [4.78, 5) is 8.00. The van der Waals surface area contributed by atoms with Crippen LogP contribution in [0.1, 0.15) is 20.3 Å². The predicted octanol–water partition coefficient (Wildman–Crippen LogP) is 1.32. The normalized spacial score (nSPS) is 13.0. The van der Waals surface area contributed by atoms with Crippen LogP contribution in [-0.2, 0) is 0 Å². The average Bonchev–Trinajstić information content (AvgIpc) is 2.28. The van der Waals surface area contributed by atoms with Crippen LogP contribution in [0.3, 0.4) is 0 Å². The third-order valence-corrected chi connectivity index (χ3v) is 3.04. The van der Waals surface area contributed by atoms with Crippen LogP contribution in [0.4, 0.5) is 0 Å². The van der Waals surface area contributed by atoms with Gasteiger partial charge < -0.3 is 10.4 Å². The fourth-order valence-electron chi connectivity index (χ4n) is 1.37. The first kappa shape index (κ1) is 13.4. The number of hydrogen-bond donors (Lipinski definition) is 2. The van der Waals surface area contributed by atoms with Crippen molar-refractivity contribution >= 4 is 11.8 Å². The van der Waals surface area contributed by atoms with Gasteiger partial charge in [0.05, 0.1) is 11.6 Å². The maximum atomic E-state index is 9.17. The molecule has 1 aromatic heterocycles. The highest BCUT2D eigenvalue weighted by atomic mass is 32.2. The van der Waals surface area contributed by atoms with Crippen LogP contribution in [0.15, 0.2) is 23.6 Å². The molecule has 1 aromatic rings. The largest absolute Gasteiger partial charge is 0.395 e. The van der Waals surface area contributed by atoms with Gasteiger partial charge in [0.15, 0.2) is 0 Å². The van der Waals surface area contributed by atoms with Crippen molar-refractivity contribution in [2.45, 2.75) is 37.4 Å². The van der Waals surface area contributed by atoms with Crippen molar-refractivity contribution in [2.75, 3.05) is 12.4 Å². The molecule has 1 heterocycles. The van der Waals surface area contributed by atoms with Crippen molar-refractivity contribution in [1.82, 2.24) is 15.3 Å². The molecule has 5 heteroatoms. The quantitative estimate of drug-likeness (QED) is 0.557. The highest BCUT2D eigenvalue weighted by Gasteiger charge is 2.08. The summed E-state index contributed by atoms with van der Waals surface area (Å²) in [5, 5.41) is 13.5. The van der Waals surface area contributed by atoms with Gasteiger partial charge in [-0.2, -0.15) is 0 Å². The van der Waals surface area contributed by atoms with Crippen LogP contribution in [0, 0.1) is 0 Å². The van der Waals surface area contributed by atoms with E-state index in [2.05, 4.69) is 29.1 Å². The van der Waals surface area contributed by atoms with Gasteiger partial charge in [-0.15, -0.1) is 11.8 Å². The summed E-state index contributed by atoms with van der Waals surface area (Å²) >= 11 is 1.69. The Kier molecular flexibility index (Phi) is 6.37. The number of aliphatic hydroxyl groups excluding tert-OH is 1. The Bertz CT molecular complexity index is 282. The standard InChI is InChI=1S/C11H19N3OS/c1-9(2)14-10(7-15)4-6-16-11-3-5-12-8-13-11/h3,5,8-10,14-15H,4,6-7H2,1-2H3. The molecular formula is C11H19N3OS. The zero-order chi connectivity index (χ0) is 11.8. The van der Waals surface area contributed by atoms with E-state index < -0.39 is 0 Å². The molecule has 0 amide bonds. The number of aliphatic hydroxyl groups is 1. The third-order valence-electron chi connectivity index (χ3n) is 2.06. The van der Waals surface area contributed by atoms with Crippen LogP contribution in [0.25, 0.3) is 0 Å². The highest BCUT2D eigenvalue weighted by molar-refractivity contribution is 7.99. The molecule has 1 atom stereocenters. The van der Waals surface area contributed by atoms with Crippen LogP contribution in [-0.4, -0.2) is 39.5 Å². The summed E-state index contributed by atoms with van der Waals surface area (Å²) < 4.78 is 0. The van der Waals surface area contributed by atoms with Gasteiger partial charge in [-0.05, 0) is 12.5 Å². The number of nitrogens with zero attached hydrogens (tertiary/aromatic N) is 2. The zero-order valence-corrected chi connectivity index (χ0v) is 10.6. The first-order valence-corrected chi connectivity index (χ1v) is 6.46. The number of rotatable bonds is 7. The second-order valence-corrected chi connectivity index (χ2v) is 5.00. The first-order valence-electron chi connectivity index (χ1n) is 5.48. The van der Waals surface area contributed by atoms with E-state index in [4.69, 9.17) is 0 Å². The first-order chi connectivity index (χ1) is 7.72. The van der Waals surface area contributed by atoms with Crippen molar-refractivity contribution < 1.29 is 5.11 Å². The number of aromatic nitrogens is 2. The summed E-state index contributed by atoms with van der Waals surface area (Å²) in [6, 6.07) is 2.48. The molecular weight excluding hydrogens is 222 g/mol. The van der Waals surface area contributed by atoms with E-state index in [0.29, 0.717) is 6.04 Å². The van der Waals surface area contributed by atoms with Crippen molar-refractivity contribution in [3.8, 4) is 0 Å². The maximum absolute atomic E-state index is 9.17. The van der Waals surface area contributed by atoms with Gasteiger partial charge in [-0.25, -0.2) is 9.97 Å². The fraction of sp³-hybridized carbons (Fsp3) is 0.636. The summed E-state index contributed by atoms with van der Waals surface area (Å²) in [5.41, 5.74) is 0. The van der Waals surface area contributed by atoms with Crippen molar-refractivity contribution in [1.29, 1.82) is 0 Å². The Labute approximate surface area is 101 Å². The molecule has 0 saturated carbocycles. The van der Waals surface area contributed by atoms with Gasteiger partial charge in [-0.1, -0.05) is 13.8 Å². The predicted molar refractivity (Wildman–Crippen MR) is 66.5 cm³/mol. The minimum Gasteiger partial charge on any atom is -0.395 e. The smallest absolute Gasteiger partial charge is 0.116 e. The van der Waals surface area contributed by atoms with Crippen molar-refractivity contribution in [3.63, 3.8) is 0 Å². The van der Waals surface area contributed by atoms with Gasteiger partial charge in [0.1, 0.15) is 6.33 Å². The molecule has 16 heavy (non-hydrogen) atoms. The SMILES string of the molecule is CC(C)NC(CO)CCSc1ccncn1. The molecule has 0 saturated heterocycles. The lowest BCUT2D eigenvalue weighted by atomic mass is 10.2. The van der Waals surface area contributed by atoms with Crippen LogP contribution < -0.4 is 5.32 Å². The molecule has 0 aliphatic heterocycles. The molecule has 0 radical (unpaired) electrons. The Hall–Kier alpha value is -0.650. The maximum Gasteiger partial charge on any atom is 0.116 e. The van der Waals surface area contributed by atoms with Gasteiger partial charge in [-0.3, -0.25) is 0 Å². The third kappa shape index (κ3) is 5.44. The molecule has 0 aliphatic rings. The van der Waals surface area contributed by atoms with Gasteiger partial charge >= 0.3 is 0 Å². The molecule has 0 fully saturated rings. The highest BCUT2D eigenvalue weighted by Crippen LogP contribution is 2.15. The lowest BCUT2D eigenvalue weighted by Crippen LogP contribution is -2.37. The average molecular weight is 241 g/mol. The van der Waals surface area contributed by atoms with Gasteiger partial charge in [0.2, 0.25) is 0 Å². The molecule has 0 bridgehead atoms. The summed E-state index contributed by atoms with van der Waals surface area (Å²) in [6.45, 7) is 4.35.